The van der Waals surface area contributed by atoms with Gasteiger partial charge in [-0.25, -0.2) is 8.42 Å². The maximum Gasteiger partial charge on any atom is 0.241 e. The smallest absolute Gasteiger partial charge is 0.241 e. The Morgan fingerprint density at radius 1 is 1.29 bits per heavy atom. The van der Waals surface area contributed by atoms with E-state index in [4.69, 9.17) is 0 Å². The fourth-order valence-electron chi connectivity index (χ4n) is 3.14. The lowest BCUT2D eigenvalue weighted by Gasteiger charge is -2.31. The van der Waals surface area contributed by atoms with Crippen LogP contribution >= 0.6 is 12.4 Å². The highest BCUT2D eigenvalue weighted by atomic mass is 35.5. The van der Waals surface area contributed by atoms with Gasteiger partial charge in [-0.3, -0.25) is 9.59 Å². The number of sulfonamides is 1. The standard InChI is InChI=1S/C18H28N4O4S.ClH/c1-4-11-22(16-9-10-19-12-16)18(24)13(2)21-27(25,26)17-7-5-15(6-8-17)20-14(3)23;/h5-8,13,16,19,21H,4,9-12H2,1-3H3,(H,20,23);1H. The van der Waals surface area contributed by atoms with Gasteiger partial charge in [0, 0.05) is 31.7 Å². The Kier molecular flexibility index (Phi) is 9.35. The molecule has 1 heterocycles. The number of anilines is 1. The topological polar surface area (TPSA) is 108 Å². The van der Waals surface area contributed by atoms with Gasteiger partial charge in [0.1, 0.15) is 0 Å². The molecule has 1 saturated heterocycles. The fraction of sp³-hybridized carbons (Fsp3) is 0.556. The molecule has 0 aromatic heterocycles. The lowest BCUT2D eigenvalue weighted by molar-refractivity contribution is -0.134. The van der Waals surface area contributed by atoms with Crippen molar-refractivity contribution in [1.82, 2.24) is 14.9 Å². The summed E-state index contributed by atoms with van der Waals surface area (Å²) < 4.78 is 27.7. The Hall–Kier alpha value is -1.68. The summed E-state index contributed by atoms with van der Waals surface area (Å²) >= 11 is 0. The molecule has 158 valence electrons. The van der Waals surface area contributed by atoms with E-state index >= 15 is 0 Å². The highest BCUT2D eigenvalue weighted by molar-refractivity contribution is 7.89. The molecule has 1 aromatic carbocycles. The number of rotatable bonds is 8. The molecule has 1 aliphatic heterocycles. The summed E-state index contributed by atoms with van der Waals surface area (Å²) in [7, 11) is -3.85. The van der Waals surface area contributed by atoms with Crippen LogP contribution in [0.3, 0.4) is 0 Å². The normalized spacial score (nSPS) is 17.5. The van der Waals surface area contributed by atoms with E-state index in [0.29, 0.717) is 12.2 Å². The van der Waals surface area contributed by atoms with Gasteiger partial charge in [0.25, 0.3) is 0 Å². The van der Waals surface area contributed by atoms with Gasteiger partial charge in [-0.1, -0.05) is 6.92 Å². The highest BCUT2D eigenvalue weighted by Crippen LogP contribution is 2.16. The van der Waals surface area contributed by atoms with Crippen LogP contribution in [0.15, 0.2) is 29.2 Å². The zero-order valence-corrected chi connectivity index (χ0v) is 18.0. The van der Waals surface area contributed by atoms with E-state index in [1.807, 2.05) is 6.92 Å². The number of benzene rings is 1. The molecule has 1 fully saturated rings. The minimum absolute atomic E-state index is 0. The minimum Gasteiger partial charge on any atom is -0.337 e. The Balaban J connectivity index is 0.00000392. The van der Waals surface area contributed by atoms with Gasteiger partial charge in [0.05, 0.1) is 10.9 Å². The second-order valence-electron chi connectivity index (χ2n) is 6.73. The zero-order valence-electron chi connectivity index (χ0n) is 16.4. The van der Waals surface area contributed by atoms with Crippen molar-refractivity contribution in [1.29, 1.82) is 0 Å². The molecular formula is C18H29ClN4O4S. The first-order valence-electron chi connectivity index (χ1n) is 9.15. The fourth-order valence-corrected chi connectivity index (χ4v) is 4.34. The molecule has 3 N–H and O–H groups in total. The Morgan fingerprint density at radius 2 is 1.93 bits per heavy atom. The van der Waals surface area contributed by atoms with Crippen molar-refractivity contribution < 1.29 is 18.0 Å². The number of carbonyl (C=O) groups excluding carboxylic acids is 2. The summed E-state index contributed by atoms with van der Waals surface area (Å²) in [4.78, 5) is 25.7. The van der Waals surface area contributed by atoms with Gasteiger partial charge >= 0.3 is 0 Å². The zero-order chi connectivity index (χ0) is 20.0. The molecule has 0 bridgehead atoms. The SMILES string of the molecule is CCCN(C(=O)C(C)NS(=O)(=O)c1ccc(NC(C)=O)cc1)C1CCNC1.Cl. The molecule has 0 aliphatic carbocycles. The first-order valence-corrected chi connectivity index (χ1v) is 10.6. The maximum absolute atomic E-state index is 12.8. The first kappa shape index (κ1) is 24.4. The number of hydrogen-bond acceptors (Lipinski definition) is 5. The van der Waals surface area contributed by atoms with Gasteiger partial charge in [0.2, 0.25) is 21.8 Å². The van der Waals surface area contributed by atoms with E-state index in [0.717, 1.165) is 25.9 Å². The van der Waals surface area contributed by atoms with Crippen molar-refractivity contribution in [2.24, 2.45) is 0 Å². The summed E-state index contributed by atoms with van der Waals surface area (Å²) in [5, 5.41) is 5.82. The van der Waals surface area contributed by atoms with Crippen LogP contribution in [0, 0.1) is 0 Å². The van der Waals surface area contributed by atoms with Gasteiger partial charge < -0.3 is 15.5 Å². The first-order chi connectivity index (χ1) is 12.7. The second kappa shape index (κ2) is 10.8. The molecule has 0 radical (unpaired) electrons. The maximum atomic E-state index is 12.8. The number of carbonyl (C=O) groups is 2. The van der Waals surface area contributed by atoms with Crippen molar-refractivity contribution in [2.45, 2.75) is 50.6 Å². The molecule has 1 aromatic rings. The molecule has 0 spiro atoms. The van der Waals surface area contributed by atoms with Crippen molar-refractivity contribution in [3.05, 3.63) is 24.3 Å². The van der Waals surface area contributed by atoms with Crippen molar-refractivity contribution >= 4 is 39.9 Å². The van der Waals surface area contributed by atoms with Crippen LogP contribution in [0.2, 0.25) is 0 Å². The van der Waals surface area contributed by atoms with Gasteiger partial charge in [-0.2, -0.15) is 4.72 Å². The Labute approximate surface area is 172 Å². The summed E-state index contributed by atoms with van der Waals surface area (Å²) in [5.74, 6) is -0.454. The third kappa shape index (κ3) is 6.44. The van der Waals surface area contributed by atoms with Crippen LogP contribution in [0.4, 0.5) is 5.69 Å². The lowest BCUT2D eigenvalue weighted by atomic mass is 10.1. The van der Waals surface area contributed by atoms with Crippen molar-refractivity contribution in [3.63, 3.8) is 0 Å². The molecule has 2 amide bonds. The van der Waals surface area contributed by atoms with Crippen LogP contribution in [0.25, 0.3) is 0 Å². The number of hydrogen-bond donors (Lipinski definition) is 3. The Bertz CT molecular complexity index is 764. The third-order valence-corrected chi connectivity index (χ3v) is 5.97. The molecule has 2 atom stereocenters. The van der Waals surface area contributed by atoms with Crippen LogP contribution in [0.1, 0.15) is 33.6 Å². The number of halogens is 1. The summed E-state index contributed by atoms with van der Waals surface area (Å²) in [5.41, 5.74) is 0.508. The van der Waals surface area contributed by atoms with Gasteiger partial charge in [0.15, 0.2) is 0 Å². The molecule has 2 rings (SSSR count). The number of nitrogens with zero attached hydrogens (tertiary/aromatic N) is 1. The van der Waals surface area contributed by atoms with Crippen LogP contribution in [-0.2, 0) is 19.6 Å². The molecule has 8 nitrogen and oxygen atoms in total. The largest absolute Gasteiger partial charge is 0.337 e. The van der Waals surface area contributed by atoms with E-state index in [1.54, 1.807) is 11.8 Å². The van der Waals surface area contributed by atoms with E-state index in [1.165, 1.54) is 31.2 Å². The van der Waals surface area contributed by atoms with Gasteiger partial charge in [-0.05, 0) is 50.6 Å². The third-order valence-electron chi connectivity index (χ3n) is 4.41. The van der Waals surface area contributed by atoms with E-state index in [-0.39, 0.29) is 35.2 Å². The van der Waals surface area contributed by atoms with Gasteiger partial charge in [-0.15, -0.1) is 12.4 Å². The Morgan fingerprint density at radius 3 is 2.43 bits per heavy atom. The van der Waals surface area contributed by atoms with E-state index in [9.17, 15) is 18.0 Å². The quantitative estimate of drug-likeness (QED) is 0.574. The summed E-state index contributed by atoms with van der Waals surface area (Å²) in [6.45, 7) is 7.13. The summed E-state index contributed by atoms with van der Waals surface area (Å²) in [6, 6.07) is 5.05. The lowest BCUT2D eigenvalue weighted by Crippen LogP contribution is -2.51. The summed E-state index contributed by atoms with van der Waals surface area (Å²) in [6.07, 6.45) is 1.68. The highest BCUT2D eigenvalue weighted by Gasteiger charge is 2.31. The molecule has 0 saturated carbocycles. The van der Waals surface area contributed by atoms with E-state index in [2.05, 4.69) is 15.4 Å². The molecule has 2 unspecified atom stereocenters. The minimum atomic E-state index is -3.85. The van der Waals surface area contributed by atoms with Crippen molar-refractivity contribution in [3.8, 4) is 0 Å². The number of nitrogens with one attached hydrogen (secondary N) is 3. The second-order valence-corrected chi connectivity index (χ2v) is 8.44. The van der Waals surface area contributed by atoms with Crippen LogP contribution < -0.4 is 15.4 Å². The molecule has 10 heteroatoms. The predicted octanol–water partition coefficient (Wildman–Crippen LogP) is 1.33. The number of amides is 2. The average Bonchev–Trinajstić information content (AvgIpc) is 3.13. The average molecular weight is 433 g/mol. The van der Waals surface area contributed by atoms with Crippen LogP contribution in [0.5, 0.6) is 0 Å². The predicted molar refractivity (Wildman–Crippen MR) is 111 cm³/mol. The van der Waals surface area contributed by atoms with Crippen molar-refractivity contribution in [2.75, 3.05) is 25.0 Å². The van der Waals surface area contributed by atoms with Crippen LogP contribution in [-0.4, -0.2) is 56.9 Å². The van der Waals surface area contributed by atoms with E-state index < -0.39 is 16.1 Å². The molecule has 1 aliphatic rings. The molecular weight excluding hydrogens is 404 g/mol. The monoisotopic (exact) mass is 432 g/mol. The molecule has 28 heavy (non-hydrogen) atoms.